The molecule has 36 heavy (non-hydrogen) atoms. The maximum absolute atomic E-state index is 15.3. The van der Waals surface area contributed by atoms with Gasteiger partial charge in [0.2, 0.25) is 10.0 Å². The van der Waals surface area contributed by atoms with Crippen molar-refractivity contribution in [3.63, 3.8) is 0 Å². The van der Waals surface area contributed by atoms with Crippen molar-refractivity contribution in [2.45, 2.75) is 50.1 Å². The molecule has 5 rings (SSSR count). The third-order valence-electron chi connectivity index (χ3n) is 7.67. The Morgan fingerprint density at radius 3 is 2.50 bits per heavy atom. The van der Waals surface area contributed by atoms with Crippen LogP contribution < -0.4 is 4.90 Å². The molecule has 0 aliphatic carbocycles. The zero-order valence-corrected chi connectivity index (χ0v) is 21.1. The molecule has 2 aliphatic heterocycles. The van der Waals surface area contributed by atoms with Crippen LogP contribution in [0.15, 0.2) is 61.2 Å². The molecule has 0 saturated carbocycles. The smallest absolute Gasteiger partial charge is 0.221 e. The van der Waals surface area contributed by atoms with Crippen molar-refractivity contribution in [1.82, 2.24) is 19.1 Å². The molecule has 0 radical (unpaired) electrons. The minimum Gasteiger partial charge on any atom is -0.396 e. The Bertz CT molecular complexity index is 1270. The van der Waals surface area contributed by atoms with E-state index in [4.69, 9.17) is 0 Å². The molecule has 0 bridgehead atoms. The van der Waals surface area contributed by atoms with Gasteiger partial charge in [0.15, 0.2) is 0 Å². The van der Waals surface area contributed by atoms with Gasteiger partial charge in [0.25, 0.3) is 0 Å². The van der Waals surface area contributed by atoms with Gasteiger partial charge in [-0.2, -0.15) is 4.31 Å². The molecule has 2 fully saturated rings. The number of anilines is 1. The van der Waals surface area contributed by atoms with E-state index in [9.17, 15) is 13.5 Å². The number of aromatic nitrogens is 3. The Balaban J connectivity index is 1.32. The van der Waals surface area contributed by atoms with Gasteiger partial charge in [-0.25, -0.2) is 12.8 Å². The molecule has 3 heterocycles. The number of benzene rings is 2. The van der Waals surface area contributed by atoms with Gasteiger partial charge in [0.1, 0.15) is 23.7 Å². The van der Waals surface area contributed by atoms with E-state index >= 15 is 4.39 Å². The first-order valence-electron chi connectivity index (χ1n) is 12.4. The van der Waals surface area contributed by atoms with E-state index in [0.29, 0.717) is 25.1 Å². The Kier molecular flexibility index (Phi) is 7.09. The van der Waals surface area contributed by atoms with Crippen molar-refractivity contribution < 1.29 is 17.9 Å². The van der Waals surface area contributed by atoms with Crippen LogP contribution in [0.2, 0.25) is 0 Å². The molecule has 2 aliphatic rings. The lowest BCUT2D eigenvalue weighted by Gasteiger charge is -2.39. The number of aliphatic hydroxyl groups excluding tert-OH is 1. The number of halogens is 1. The van der Waals surface area contributed by atoms with Gasteiger partial charge >= 0.3 is 0 Å². The zero-order valence-electron chi connectivity index (χ0n) is 20.3. The normalized spacial score (nSPS) is 26.7. The summed E-state index contributed by atoms with van der Waals surface area (Å²) >= 11 is 0. The van der Waals surface area contributed by atoms with E-state index in [2.05, 4.69) is 15.1 Å². The molecule has 2 aromatic carbocycles. The van der Waals surface area contributed by atoms with Crippen molar-refractivity contribution in [2.75, 3.05) is 24.6 Å². The van der Waals surface area contributed by atoms with Crippen LogP contribution in [0, 0.1) is 11.7 Å². The fourth-order valence-corrected chi connectivity index (χ4v) is 7.78. The van der Waals surface area contributed by atoms with Gasteiger partial charge in [-0.1, -0.05) is 36.4 Å². The van der Waals surface area contributed by atoms with Crippen LogP contribution in [0.3, 0.4) is 0 Å². The van der Waals surface area contributed by atoms with Crippen LogP contribution in [0.1, 0.15) is 48.6 Å². The van der Waals surface area contributed by atoms with Gasteiger partial charge in [-0.3, -0.25) is 0 Å². The fourth-order valence-electron chi connectivity index (χ4n) is 5.59. The maximum atomic E-state index is 15.3. The van der Waals surface area contributed by atoms with Crippen LogP contribution in [-0.2, 0) is 16.6 Å². The van der Waals surface area contributed by atoms with Gasteiger partial charge in [0.05, 0.1) is 0 Å². The minimum atomic E-state index is -3.63. The standard InChI is InChI=1S/C26H32FN5O3S/c1-19-7-10-26(20-5-3-2-4-6-20)36(34,35)32(19)15-21-8-9-23(13-24(21)27)30-12-11-25(22(14-30)16-33)31-17-28-29-18-31/h2-6,8-9,13,17-19,22,25-26,33H,7,10-12,14-16H2,1H3/t19-,22-,25+,26+/m0/s1. The molecular weight excluding hydrogens is 481 g/mol. The molecule has 192 valence electrons. The van der Waals surface area contributed by atoms with E-state index < -0.39 is 21.1 Å². The second kappa shape index (κ2) is 10.3. The monoisotopic (exact) mass is 513 g/mol. The lowest BCUT2D eigenvalue weighted by molar-refractivity contribution is 0.160. The summed E-state index contributed by atoms with van der Waals surface area (Å²) in [6, 6.07) is 14.2. The summed E-state index contributed by atoms with van der Waals surface area (Å²) in [6.45, 7) is 3.18. The third kappa shape index (κ3) is 4.77. The topological polar surface area (TPSA) is 91.6 Å². The SMILES string of the molecule is C[C@H]1CC[C@H](c2ccccc2)S(=O)(=O)N1Cc1ccc(N2CC[C@@H](n3cnnc3)[C@H](CO)C2)cc1F. The summed E-state index contributed by atoms with van der Waals surface area (Å²) in [5.41, 5.74) is 1.87. The lowest BCUT2D eigenvalue weighted by atomic mass is 9.92. The van der Waals surface area contributed by atoms with Crippen molar-refractivity contribution in [3.8, 4) is 0 Å². The molecule has 1 aromatic heterocycles. The Labute approximate surface area is 211 Å². The number of sulfonamides is 1. The molecule has 8 nitrogen and oxygen atoms in total. The molecule has 1 N–H and O–H groups in total. The largest absolute Gasteiger partial charge is 0.396 e. The van der Waals surface area contributed by atoms with E-state index in [1.165, 1.54) is 10.4 Å². The van der Waals surface area contributed by atoms with E-state index in [1.807, 2.05) is 47.9 Å². The number of hydrogen-bond donors (Lipinski definition) is 1. The molecule has 3 aromatic rings. The second-order valence-electron chi connectivity index (χ2n) is 9.85. The highest BCUT2D eigenvalue weighted by atomic mass is 32.2. The highest BCUT2D eigenvalue weighted by Gasteiger charge is 2.40. The van der Waals surface area contributed by atoms with Gasteiger partial charge in [0, 0.05) is 55.5 Å². The quantitative estimate of drug-likeness (QED) is 0.542. The van der Waals surface area contributed by atoms with Gasteiger partial charge in [-0.05, 0) is 43.9 Å². The first-order valence-corrected chi connectivity index (χ1v) is 13.9. The van der Waals surface area contributed by atoms with E-state index in [-0.39, 0.29) is 31.2 Å². The molecule has 2 saturated heterocycles. The van der Waals surface area contributed by atoms with Crippen molar-refractivity contribution in [1.29, 1.82) is 0 Å². The summed E-state index contributed by atoms with van der Waals surface area (Å²) in [5.74, 6) is -0.454. The first-order chi connectivity index (χ1) is 17.4. The number of piperidine rings is 1. The predicted molar refractivity (Wildman–Crippen MR) is 135 cm³/mol. The fraction of sp³-hybridized carbons (Fsp3) is 0.462. The highest BCUT2D eigenvalue weighted by Crippen LogP contribution is 2.38. The molecule has 10 heteroatoms. The Morgan fingerprint density at radius 2 is 1.81 bits per heavy atom. The summed E-state index contributed by atoms with van der Waals surface area (Å²) < 4.78 is 45.7. The number of nitrogens with zero attached hydrogens (tertiary/aromatic N) is 5. The van der Waals surface area contributed by atoms with Gasteiger partial charge in [-0.15, -0.1) is 10.2 Å². The second-order valence-corrected chi connectivity index (χ2v) is 11.9. The van der Waals surface area contributed by atoms with E-state index in [1.54, 1.807) is 18.7 Å². The summed E-state index contributed by atoms with van der Waals surface area (Å²) in [5, 5.41) is 17.1. The molecule has 0 spiro atoms. The van der Waals surface area contributed by atoms with Crippen LogP contribution in [0.5, 0.6) is 0 Å². The van der Waals surface area contributed by atoms with Crippen molar-refractivity contribution in [3.05, 3.63) is 78.1 Å². The third-order valence-corrected chi connectivity index (χ3v) is 10.0. The lowest BCUT2D eigenvalue weighted by Crippen LogP contribution is -2.45. The van der Waals surface area contributed by atoms with E-state index in [0.717, 1.165) is 24.1 Å². The number of rotatable bonds is 6. The predicted octanol–water partition coefficient (Wildman–Crippen LogP) is 3.53. The summed E-state index contributed by atoms with van der Waals surface area (Å²) in [7, 11) is -3.63. The van der Waals surface area contributed by atoms with Crippen LogP contribution >= 0.6 is 0 Å². The van der Waals surface area contributed by atoms with Crippen LogP contribution in [-0.4, -0.2) is 58.3 Å². The molecular formula is C26H32FN5O3S. The highest BCUT2D eigenvalue weighted by molar-refractivity contribution is 7.89. The summed E-state index contributed by atoms with van der Waals surface area (Å²) in [6.07, 6.45) is 5.38. The van der Waals surface area contributed by atoms with Crippen LogP contribution in [0.25, 0.3) is 0 Å². The molecule has 4 atom stereocenters. The van der Waals surface area contributed by atoms with Crippen LogP contribution in [0.4, 0.5) is 10.1 Å². The summed E-state index contributed by atoms with van der Waals surface area (Å²) in [4.78, 5) is 2.07. The number of aliphatic hydroxyl groups is 1. The minimum absolute atomic E-state index is 0.00714. The average molecular weight is 514 g/mol. The zero-order chi connectivity index (χ0) is 25.3. The maximum Gasteiger partial charge on any atom is 0.221 e. The Morgan fingerprint density at radius 1 is 1.06 bits per heavy atom. The average Bonchev–Trinajstić information content (AvgIpc) is 3.42. The Hall–Kier alpha value is -2.82. The first kappa shape index (κ1) is 24.9. The molecule has 0 amide bonds. The van der Waals surface area contributed by atoms with Crippen molar-refractivity contribution >= 4 is 15.7 Å². The number of hydrogen-bond acceptors (Lipinski definition) is 6. The molecule has 0 unspecified atom stereocenters. The van der Waals surface area contributed by atoms with Gasteiger partial charge < -0.3 is 14.6 Å². The van der Waals surface area contributed by atoms with Crippen molar-refractivity contribution in [2.24, 2.45) is 5.92 Å².